The molecule has 0 bridgehead atoms. The van der Waals surface area contributed by atoms with Gasteiger partial charge in [-0.05, 0) is 55.2 Å². The maximum absolute atomic E-state index is 10.4. The quantitative estimate of drug-likeness (QED) is 0.622. The van der Waals surface area contributed by atoms with Crippen LogP contribution in [0.4, 0.5) is 5.69 Å². The number of benzene rings is 1. The van der Waals surface area contributed by atoms with Gasteiger partial charge in [-0.15, -0.1) is 0 Å². The molecule has 1 aliphatic rings. The van der Waals surface area contributed by atoms with E-state index in [9.17, 15) is 9.59 Å². The number of aryl methyl sites for hydroxylation is 1. The molecule has 1 saturated carbocycles. The smallest absolute Gasteiger partial charge is 0.211 e. The zero-order chi connectivity index (χ0) is 14.5. The van der Waals surface area contributed by atoms with Crippen LogP contribution in [0.25, 0.3) is 0 Å². The third-order valence-electron chi connectivity index (χ3n) is 4.20. The molecule has 20 heavy (non-hydrogen) atoms. The minimum atomic E-state index is 0.115. The van der Waals surface area contributed by atoms with E-state index in [1.54, 1.807) is 12.2 Å². The van der Waals surface area contributed by atoms with Crippen LogP contribution in [-0.2, 0) is 9.59 Å². The number of isocyanates is 2. The second-order valence-corrected chi connectivity index (χ2v) is 5.52. The van der Waals surface area contributed by atoms with E-state index in [-0.39, 0.29) is 6.04 Å². The lowest BCUT2D eigenvalue weighted by atomic mass is 9.76. The third-order valence-corrected chi connectivity index (χ3v) is 4.20. The van der Waals surface area contributed by atoms with Gasteiger partial charge in [0, 0.05) is 0 Å². The average molecular weight is 270 g/mol. The van der Waals surface area contributed by atoms with Crippen molar-refractivity contribution in [1.82, 2.24) is 0 Å². The van der Waals surface area contributed by atoms with Crippen LogP contribution in [0.2, 0.25) is 0 Å². The van der Waals surface area contributed by atoms with E-state index in [0.717, 1.165) is 24.8 Å². The zero-order valence-corrected chi connectivity index (χ0v) is 11.8. The molecule has 4 nitrogen and oxygen atoms in total. The molecule has 0 saturated heterocycles. The fourth-order valence-electron chi connectivity index (χ4n) is 3.05. The molecule has 1 aromatic carbocycles. The Bertz CT molecular complexity index is 584. The molecule has 1 fully saturated rings. The second-order valence-electron chi connectivity index (χ2n) is 5.52. The summed E-state index contributed by atoms with van der Waals surface area (Å²) in [6.45, 7) is 4.08. The molecule has 0 N–H and O–H groups in total. The largest absolute Gasteiger partial charge is 0.240 e. The normalized spacial score (nSPS) is 25.4. The first kappa shape index (κ1) is 14.4. The number of rotatable bonds is 3. The van der Waals surface area contributed by atoms with Gasteiger partial charge in [-0.25, -0.2) is 14.6 Å². The maximum atomic E-state index is 10.4. The maximum Gasteiger partial charge on any atom is 0.240 e. The molecule has 104 valence electrons. The summed E-state index contributed by atoms with van der Waals surface area (Å²) in [7, 11) is 0. The van der Waals surface area contributed by atoms with Gasteiger partial charge in [0.15, 0.2) is 0 Å². The Morgan fingerprint density at radius 3 is 2.60 bits per heavy atom. The lowest BCUT2D eigenvalue weighted by molar-refractivity contribution is 0.299. The summed E-state index contributed by atoms with van der Waals surface area (Å²) < 4.78 is 0. The van der Waals surface area contributed by atoms with Gasteiger partial charge < -0.3 is 0 Å². The van der Waals surface area contributed by atoms with Crippen molar-refractivity contribution in [2.24, 2.45) is 15.9 Å². The molecule has 0 radical (unpaired) electrons. The first-order valence-electron chi connectivity index (χ1n) is 6.91. The van der Waals surface area contributed by atoms with Crippen molar-refractivity contribution in [3.8, 4) is 0 Å². The van der Waals surface area contributed by atoms with Crippen molar-refractivity contribution in [3.63, 3.8) is 0 Å². The fourth-order valence-corrected chi connectivity index (χ4v) is 3.05. The number of nitrogens with zero attached hydrogens (tertiary/aromatic N) is 2. The number of carbonyl (C=O) groups excluding carboxylic acids is 2. The standard InChI is InChI=1S/C16H18N2O2/c1-11-7-13(3-5-15(11)17-9-19)14-4-6-16(18-10-20)12(2)8-14/h3,5,7,12,14,16H,4,6,8H2,1-2H3/t12?,14?,16-/m0/s1. The minimum absolute atomic E-state index is 0.115. The lowest BCUT2D eigenvalue weighted by Crippen LogP contribution is -2.24. The number of aliphatic imine (C=N–C) groups is 2. The molecule has 0 aliphatic heterocycles. The average Bonchev–Trinajstić information content (AvgIpc) is 2.44. The van der Waals surface area contributed by atoms with Crippen molar-refractivity contribution >= 4 is 17.8 Å². The molecule has 2 unspecified atom stereocenters. The van der Waals surface area contributed by atoms with E-state index in [0.29, 0.717) is 17.5 Å². The lowest BCUT2D eigenvalue weighted by Gasteiger charge is -2.31. The monoisotopic (exact) mass is 270 g/mol. The Hall–Kier alpha value is -2.02. The van der Waals surface area contributed by atoms with E-state index in [4.69, 9.17) is 0 Å². The highest BCUT2D eigenvalue weighted by Gasteiger charge is 2.28. The van der Waals surface area contributed by atoms with Crippen LogP contribution in [0.1, 0.15) is 43.2 Å². The Morgan fingerprint density at radius 1 is 1.20 bits per heavy atom. The number of hydrogen-bond acceptors (Lipinski definition) is 4. The molecule has 0 heterocycles. The molecule has 4 heteroatoms. The first-order valence-corrected chi connectivity index (χ1v) is 6.91. The third kappa shape index (κ3) is 3.11. The van der Waals surface area contributed by atoms with Crippen LogP contribution in [-0.4, -0.2) is 18.2 Å². The highest BCUT2D eigenvalue weighted by Crippen LogP contribution is 2.38. The molecule has 1 aliphatic carbocycles. The SMILES string of the molecule is Cc1cc(C2CC[C@H](N=C=O)C(C)C2)ccc1N=C=O. The van der Waals surface area contributed by atoms with E-state index >= 15 is 0 Å². The van der Waals surface area contributed by atoms with Crippen LogP contribution in [0.3, 0.4) is 0 Å². The van der Waals surface area contributed by atoms with E-state index in [1.165, 1.54) is 5.56 Å². The van der Waals surface area contributed by atoms with Gasteiger partial charge >= 0.3 is 0 Å². The van der Waals surface area contributed by atoms with Crippen molar-refractivity contribution < 1.29 is 9.59 Å². The topological polar surface area (TPSA) is 58.9 Å². The van der Waals surface area contributed by atoms with E-state index in [2.05, 4.69) is 23.0 Å². The van der Waals surface area contributed by atoms with Gasteiger partial charge in [0.2, 0.25) is 12.2 Å². The van der Waals surface area contributed by atoms with Gasteiger partial charge in [-0.1, -0.05) is 19.1 Å². The predicted octanol–water partition coefficient (Wildman–Crippen LogP) is 3.57. The first-order chi connectivity index (χ1) is 9.65. The van der Waals surface area contributed by atoms with Crippen LogP contribution < -0.4 is 0 Å². The van der Waals surface area contributed by atoms with Crippen molar-refractivity contribution in [3.05, 3.63) is 29.3 Å². The summed E-state index contributed by atoms with van der Waals surface area (Å²) in [6, 6.07) is 6.11. The molecule has 3 atom stereocenters. The molecule has 2 rings (SSSR count). The van der Waals surface area contributed by atoms with Gasteiger partial charge in [0.05, 0.1) is 11.7 Å². The van der Waals surface area contributed by atoms with Crippen LogP contribution >= 0.6 is 0 Å². The van der Waals surface area contributed by atoms with Crippen molar-refractivity contribution in [2.75, 3.05) is 0 Å². The molecular formula is C16H18N2O2. The number of hydrogen-bond donors (Lipinski definition) is 0. The summed E-state index contributed by atoms with van der Waals surface area (Å²) in [5, 5.41) is 0. The Morgan fingerprint density at radius 2 is 2.00 bits per heavy atom. The Balaban J connectivity index is 2.15. The molecule has 0 amide bonds. The second kappa shape index (κ2) is 6.42. The van der Waals surface area contributed by atoms with Crippen LogP contribution in [0.15, 0.2) is 28.2 Å². The molecule has 0 spiro atoms. The summed E-state index contributed by atoms with van der Waals surface area (Å²) >= 11 is 0. The zero-order valence-electron chi connectivity index (χ0n) is 11.8. The molecule has 1 aromatic rings. The van der Waals surface area contributed by atoms with E-state index < -0.39 is 0 Å². The van der Waals surface area contributed by atoms with E-state index in [1.807, 2.05) is 19.1 Å². The van der Waals surface area contributed by atoms with Gasteiger partial charge in [0.1, 0.15) is 0 Å². The fraction of sp³-hybridized carbons (Fsp3) is 0.500. The van der Waals surface area contributed by atoms with Gasteiger partial charge in [-0.2, -0.15) is 4.99 Å². The molecule has 0 aromatic heterocycles. The predicted molar refractivity (Wildman–Crippen MR) is 76.6 cm³/mol. The van der Waals surface area contributed by atoms with Crippen molar-refractivity contribution in [1.29, 1.82) is 0 Å². The van der Waals surface area contributed by atoms with Crippen molar-refractivity contribution in [2.45, 2.75) is 45.1 Å². The van der Waals surface area contributed by atoms with Crippen LogP contribution in [0.5, 0.6) is 0 Å². The van der Waals surface area contributed by atoms with Gasteiger partial charge in [-0.3, -0.25) is 0 Å². The Kier molecular flexibility index (Phi) is 4.62. The minimum Gasteiger partial charge on any atom is -0.211 e. The summed E-state index contributed by atoms with van der Waals surface area (Å²) in [5.41, 5.74) is 2.94. The van der Waals surface area contributed by atoms with Gasteiger partial charge in [0.25, 0.3) is 0 Å². The summed E-state index contributed by atoms with van der Waals surface area (Å²) in [5.74, 6) is 0.874. The summed E-state index contributed by atoms with van der Waals surface area (Å²) in [4.78, 5) is 28.3. The van der Waals surface area contributed by atoms with Crippen LogP contribution in [0, 0.1) is 12.8 Å². The highest BCUT2D eigenvalue weighted by molar-refractivity contribution is 5.54. The highest BCUT2D eigenvalue weighted by atomic mass is 16.1. The summed E-state index contributed by atoms with van der Waals surface area (Å²) in [6.07, 6.45) is 6.22. The Labute approximate surface area is 118 Å². The molecular weight excluding hydrogens is 252 g/mol.